The predicted molar refractivity (Wildman–Crippen MR) is 55.6 cm³/mol. The summed E-state index contributed by atoms with van der Waals surface area (Å²) >= 11 is 5.57. The number of nitrogens with zero attached hydrogens (tertiary/aromatic N) is 3. The third-order valence-corrected chi connectivity index (χ3v) is 1.84. The molecule has 1 aromatic rings. The first-order valence-corrected chi connectivity index (χ1v) is 4.97. The molecule has 0 amide bonds. The van der Waals surface area contributed by atoms with Gasteiger partial charge < -0.3 is 5.32 Å². The Hall–Kier alpha value is -1.10. The van der Waals surface area contributed by atoms with Crippen LogP contribution in [-0.4, -0.2) is 21.5 Å². The van der Waals surface area contributed by atoms with Crippen LogP contribution in [0.2, 0.25) is 5.28 Å². The van der Waals surface area contributed by atoms with E-state index in [1.807, 2.05) is 0 Å². The summed E-state index contributed by atoms with van der Waals surface area (Å²) in [7, 11) is 0. The molecule has 0 aromatic carbocycles. The van der Waals surface area contributed by atoms with Gasteiger partial charge in [0.25, 0.3) is 0 Å². The molecule has 1 radical (unpaired) electrons. The van der Waals surface area contributed by atoms with Gasteiger partial charge in [-0.2, -0.15) is 15.0 Å². The minimum atomic E-state index is -0.108. The molecule has 0 atom stereocenters. The molecule has 0 aliphatic heterocycles. The molecule has 0 saturated carbocycles. The molecule has 0 spiro atoms. The lowest BCUT2D eigenvalue weighted by molar-refractivity contribution is 0.740. The second-order valence-electron chi connectivity index (χ2n) is 2.89. The molecule has 77 valence electrons. The highest BCUT2D eigenvalue weighted by molar-refractivity contribution is 6.28. The predicted octanol–water partition coefficient (Wildman–Crippen LogP) is 2.04. The molecule has 1 heterocycles. The third kappa shape index (κ3) is 3.74. The molecule has 2 N–H and O–H groups in total. The highest BCUT2D eigenvalue weighted by atomic mass is 35.5. The average molecular weight is 215 g/mol. The molecule has 0 aliphatic rings. The summed E-state index contributed by atoms with van der Waals surface area (Å²) < 4.78 is 0. The first kappa shape index (κ1) is 11.0. The van der Waals surface area contributed by atoms with E-state index in [2.05, 4.69) is 27.2 Å². The Morgan fingerprint density at radius 3 is 2.71 bits per heavy atom. The van der Waals surface area contributed by atoms with Crippen LogP contribution < -0.4 is 11.1 Å². The monoisotopic (exact) mass is 214 g/mol. The molecule has 0 aliphatic carbocycles. The highest BCUT2D eigenvalue weighted by Crippen LogP contribution is 2.07. The molecule has 0 saturated heterocycles. The van der Waals surface area contributed by atoms with Gasteiger partial charge >= 0.3 is 0 Å². The Balaban J connectivity index is 2.42. The molecule has 14 heavy (non-hydrogen) atoms. The zero-order valence-electron chi connectivity index (χ0n) is 8.05. The standard InChI is InChI=1S/C8H13ClN5/c1-2-3-4-5-11-8-13-6(9)12-7(10)14-8/h10H,2-5H2,1H3,(H,11,12,13,14). The van der Waals surface area contributed by atoms with Crippen LogP contribution in [-0.2, 0) is 0 Å². The van der Waals surface area contributed by atoms with Gasteiger partial charge in [-0.3, -0.25) is 5.73 Å². The van der Waals surface area contributed by atoms with E-state index in [4.69, 9.17) is 17.3 Å². The molecule has 1 rings (SSSR count). The number of rotatable bonds is 5. The van der Waals surface area contributed by atoms with Crippen LogP contribution in [0, 0.1) is 0 Å². The van der Waals surface area contributed by atoms with Crippen LogP contribution in [0.25, 0.3) is 0 Å². The van der Waals surface area contributed by atoms with E-state index in [0.717, 1.165) is 13.0 Å². The van der Waals surface area contributed by atoms with Gasteiger partial charge in [0.2, 0.25) is 17.2 Å². The van der Waals surface area contributed by atoms with E-state index in [9.17, 15) is 0 Å². The van der Waals surface area contributed by atoms with Crippen LogP contribution in [0.3, 0.4) is 0 Å². The molecule has 1 aromatic heterocycles. The summed E-state index contributed by atoms with van der Waals surface area (Å²) in [6.45, 7) is 2.94. The Bertz CT molecular complexity index is 271. The van der Waals surface area contributed by atoms with Gasteiger partial charge in [-0.25, -0.2) is 0 Å². The largest absolute Gasteiger partial charge is 0.354 e. The van der Waals surface area contributed by atoms with E-state index in [-0.39, 0.29) is 11.2 Å². The molecular weight excluding hydrogens is 202 g/mol. The van der Waals surface area contributed by atoms with Crippen molar-refractivity contribution in [2.75, 3.05) is 11.9 Å². The van der Waals surface area contributed by atoms with E-state index in [1.54, 1.807) is 0 Å². The normalized spacial score (nSPS) is 10.1. The van der Waals surface area contributed by atoms with E-state index in [1.165, 1.54) is 12.8 Å². The van der Waals surface area contributed by atoms with Crippen molar-refractivity contribution in [3.05, 3.63) is 5.28 Å². The van der Waals surface area contributed by atoms with E-state index >= 15 is 0 Å². The van der Waals surface area contributed by atoms with Crippen LogP contribution in [0.4, 0.5) is 11.9 Å². The number of unbranched alkanes of at least 4 members (excludes halogenated alkanes) is 2. The Morgan fingerprint density at radius 2 is 2.07 bits per heavy atom. The van der Waals surface area contributed by atoms with Crippen molar-refractivity contribution in [3.63, 3.8) is 0 Å². The summed E-state index contributed by atoms with van der Waals surface area (Å²) in [5, 5.41) is 3.05. The number of aromatic nitrogens is 3. The van der Waals surface area contributed by atoms with Crippen molar-refractivity contribution < 1.29 is 0 Å². The van der Waals surface area contributed by atoms with Crippen LogP contribution in [0.1, 0.15) is 26.2 Å². The van der Waals surface area contributed by atoms with Crippen molar-refractivity contribution in [2.45, 2.75) is 26.2 Å². The van der Waals surface area contributed by atoms with Crippen molar-refractivity contribution in [1.82, 2.24) is 20.7 Å². The summed E-state index contributed by atoms with van der Waals surface area (Å²) in [5.74, 6) is 0.272. The number of nitrogens with one attached hydrogen (secondary N) is 2. The maximum atomic E-state index is 7.21. The lowest BCUT2D eigenvalue weighted by Gasteiger charge is -2.03. The van der Waals surface area contributed by atoms with Crippen molar-refractivity contribution in [3.8, 4) is 0 Å². The van der Waals surface area contributed by atoms with Gasteiger partial charge in [0.15, 0.2) is 0 Å². The average Bonchev–Trinajstić information content (AvgIpc) is 2.11. The summed E-state index contributed by atoms with van der Waals surface area (Å²) in [6.07, 6.45) is 3.40. The minimum Gasteiger partial charge on any atom is -0.354 e. The third-order valence-electron chi connectivity index (χ3n) is 1.67. The van der Waals surface area contributed by atoms with Gasteiger partial charge in [0, 0.05) is 6.54 Å². The number of halogens is 1. The zero-order valence-corrected chi connectivity index (χ0v) is 8.80. The Kier molecular flexibility index (Phi) is 4.39. The molecular formula is C8H13ClN5. The quantitative estimate of drug-likeness (QED) is 0.762. The van der Waals surface area contributed by atoms with Gasteiger partial charge in [0.1, 0.15) is 0 Å². The van der Waals surface area contributed by atoms with E-state index in [0.29, 0.717) is 5.95 Å². The van der Waals surface area contributed by atoms with Gasteiger partial charge in [-0.05, 0) is 18.0 Å². The smallest absolute Gasteiger partial charge is 0.247 e. The molecule has 0 fully saturated rings. The maximum absolute atomic E-state index is 7.21. The summed E-state index contributed by atoms with van der Waals surface area (Å²) in [4.78, 5) is 11.2. The zero-order chi connectivity index (χ0) is 10.4. The summed E-state index contributed by atoms with van der Waals surface area (Å²) in [6, 6.07) is 0. The second kappa shape index (κ2) is 5.59. The molecule has 0 unspecified atom stereocenters. The Labute approximate surface area is 88.1 Å². The fraction of sp³-hybridized carbons (Fsp3) is 0.625. The lowest BCUT2D eigenvalue weighted by Crippen LogP contribution is -2.06. The number of hydrogen-bond acceptors (Lipinski definition) is 4. The first-order chi connectivity index (χ1) is 6.72. The highest BCUT2D eigenvalue weighted by Gasteiger charge is 2.01. The number of hydrogen-bond donors (Lipinski definition) is 1. The second-order valence-corrected chi connectivity index (χ2v) is 3.22. The van der Waals surface area contributed by atoms with Crippen molar-refractivity contribution >= 4 is 23.5 Å². The van der Waals surface area contributed by atoms with Gasteiger partial charge in [-0.15, -0.1) is 0 Å². The fourth-order valence-electron chi connectivity index (χ4n) is 1.00. The minimum absolute atomic E-state index is 0.0583. The van der Waals surface area contributed by atoms with Gasteiger partial charge in [0.05, 0.1) is 0 Å². The molecule has 6 heteroatoms. The fourth-order valence-corrected chi connectivity index (χ4v) is 1.16. The van der Waals surface area contributed by atoms with E-state index < -0.39 is 0 Å². The summed E-state index contributed by atoms with van der Waals surface area (Å²) in [5.41, 5.74) is 7.21. The lowest BCUT2D eigenvalue weighted by atomic mass is 10.2. The van der Waals surface area contributed by atoms with Gasteiger partial charge in [-0.1, -0.05) is 19.8 Å². The Morgan fingerprint density at radius 1 is 1.29 bits per heavy atom. The van der Waals surface area contributed by atoms with Crippen LogP contribution in [0.15, 0.2) is 0 Å². The van der Waals surface area contributed by atoms with Crippen molar-refractivity contribution in [1.29, 1.82) is 0 Å². The first-order valence-electron chi connectivity index (χ1n) is 4.59. The SMILES string of the molecule is CCCCCNc1nc([NH])nc(Cl)n1. The topological polar surface area (TPSA) is 74.5 Å². The van der Waals surface area contributed by atoms with Crippen LogP contribution in [0.5, 0.6) is 0 Å². The number of anilines is 1. The van der Waals surface area contributed by atoms with Crippen LogP contribution >= 0.6 is 11.6 Å². The maximum Gasteiger partial charge on any atom is 0.247 e. The molecule has 5 nitrogen and oxygen atoms in total. The van der Waals surface area contributed by atoms with Crippen molar-refractivity contribution in [2.24, 2.45) is 0 Å². The molecule has 0 bridgehead atoms.